The van der Waals surface area contributed by atoms with Gasteiger partial charge in [0.05, 0.1) is 21.4 Å². The van der Waals surface area contributed by atoms with E-state index in [0.717, 1.165) is 11.3 Å². The van der Waals surface area contributed by atoms with Crippen LogP contribution in [0.5, 0.6) is 0 Å². The standard InChI is InChI=1S/C16H12Cl2N4O/c1-19-16(23)14-8-15(10-3-2-6-20-9-10)22(21-14)11-4-5-12(17)13(18)7-11/h2-9H,1H3,(H,19,23). The molecule has 3 aromatic rings. The van der Waals surface area contributed by atoms with E-state index in [2.05, 4.69) is 15.4 Å². The first-order chi connectivity index (χ1) is 11.1. The molecule has 116 valence electrons. The highest BCUT2D eigenvalue weighted by Gasteiger charge is 2.16. The van der Waals surface area contributed by atoms with E-state index < -0.39 is 0 Å². The smallest absolute Gasteiger partial charge is 0.271 e. The van der Waals surface area contributed by atoms with E-state index in [4.69, 9.17) is 23.2 Å². The van der Waals surface area contributed by atoms with Gasteiger partial charge in [-0.2, -0.15) is 5.10 Å². The van der Waals surface area contributed by atoms with Crippen molar-refractivity contribution < 1.29 is 4.79 Å². The molecule has 0 radical (unpaired) electrons. The number of pyridine rings is 1. The van der Waals surface area contributed by atoms with Gasteiger partial charge in [-0.3, -0.25) is 9.78 Å². The third-order valence-electron chi connectivity index (χ3n) is 3.27. The molecule has 0 aliphatic heterocycles. The second-order valence-corrected chi connectivity index (χ2v) is 5.56. The minimum absolute atomic E-state index is 0.269. The lowest BCUT2D eigenvalue weighted by Gasteiger charge is -2.08. The van der Waals surface area contributed by atoms with Gasteiger partial charge in [-0.05, 0) is 36.4 Å². The Kier molecular flexibility index (Phi) is 4.32. The maximum atomic E-state index is 11.9. The molecule has 0 saturated carbocycles. The number of hydrogen-bond acceptors (Lipinski definition) is 3. The highest BCUT2D eigenvalue weighted by molar-refractivity contribution is 6.42. The molecule has 0 atom stereocenters. The van der Waals surface area contributed by atoms with Crippen molar-refractivity contribution in [3.8, 4) is 16.9 Å². The summed E-state index contributed by atoms with van der Waals surface area (Å²) in [6, 6.07) is 10.6. The summed E-state index contributed by atoms with van der Waals surface area (Å²) >= 11 is 12.1. The van der Waals surface area contributed by atoms with Gasteiger partial charge in [-0.25, -0.2) is 4.68 Å². The van der Waals surface area contributed by atoms with Crippen molar-refractivity contribution >= 4 is 29.1 Å². The van der Waals surface area contributed by atoms with E-state index in [9.17, 15) is 4.79 Å². The zero-order valence-corrected chi connectivity index (χ0v) is 13.6. The zero-order chi connectivity index (χ0) is 16.4. The lowest BCUT2D eigenvalue weighted by Crippen LogP contribution is -2.18. The second kappa shape index (κ2) is 6.40. The summed E-state index contributed by atoms with van der Waals surface area (Å²) in [6.07, 6.45) is 3.39. The van der Waals surface area contributed by atoms with Gasteiger partial charge in [0.15, 0.2) is 5.69 Å². The molecule has 0 fully saturated rings. The largest absolute Gasteiger partial charge is 0.354 e. The van der Waals surface area contributed by atoms with Gasteiger partial charge >= 0.3 is 0 Å². The van der Waals surface area contributed by atoms with Crippen LogP contribution in [0.3, 0.4) is 0 Å². The lowest BCUT2D eigenvalue weighted by molar-refractivity contribution is 0.0957. The van der Waals surface area contributed by atoms with Gasteiger partial charge in [0.2, 0.25) is 0 Å². The molecule has 0 bridgehead atoms. The van der Waals surface area contributed by atoms with E-state index in [1.807, 2.05) is 12.1 Å². The summed E-state index contributed by atoms with van der Waals surface area (Å²) in [6.45, 7) is 0. The summed E-state index contributed by atoms with van der Waals surface area (Å²) in [5.41, 5.74) is 2.57. The number of hydrogen-bond donors (Lipinski definition) is 1. The van der Waals surface area contributed by atoms with E-state index in [-0.39, 0.29) is 5.91 Å². The van der Waals surface area contributed by atoms with E-state index in [1.165, 1.54) is 0 Å². The zero-order valence-electron chi connectivity index (χ0n) is 12.1. The van der Waals surface area contributed by atoms with Crippen LogP contribution >= 0.6 is 23.2 Å². The molecular weight excluding hydrogens is 335 g/mol. The third-order valence-corrected chi connectivity index (χ3v) is 4.01. The van der Waals surface area contributed by atoms with Crippen LogP contribution < -0.4 is 5.32 Å². The number of amides is 1. The Morgan fingerprint density at radius 2 is 2.00 bits per heavy atom. The number of nitrogens with zero attached hydrogens (tertiary/aromatic N) is 3. The number of nitrogens with one attached hydrogen (secondary N) is 1. The first-order valence-electron chi connectivity index (χ1n) is 6.78. The number of carbonyl (C=O) groups is 1. The minimum Gasteiger partial charge on any atom is -0.354 e. The van der Waals surface area contributed by atoms with Crippen molar-refractivity contribution in [2.45, 2.75) is 0 Å². The minimum atomic E-state index is -0.269. The molecule has 0 saturated heterocycles. The van der Waals surface area contributed by atoms with Gasteiger partial charge in [-0.15, -0.1) is 0 Å². The predicted octanol–water partition coefficient (Wildman–Crippen LogP) is 3.60. The van der Waals surface area contributed by atoms with Crippen LogP contribution in [0.4, 0.5) is 0 Å². The number of rotatable bonds is 3. The summed E-state index contributed by atoms with van der Waals surface area (Å²) in [5.74, 6) is -0.269. The van der Waals surface area contributed by atoms with Crippen LogP contribution in [0.15, 0.2) is 48.8 Å². The topological polar surface area (TPSA) is 59.8 Å². The highest BCUT2D eigenvalue weighted by Crippen LogP contribution is 2.28. The molecule has 1 amide bonds. The molecule has 1 aromatic carbocycles. The Hall–Kier alpha value is -2.37. The fourth-order valence-electron chi connectivity index (χ4n) is 2.15. The molecule has 0 unspecified atom stereocenters. The molecule has 1 N–H and O–H groups in total. The molecule has 23 heavy (non-hydrogen) atoms. The molecule has 7 heteroatoms. The maximum Gasteiger partial charge on any atom is 0.271 e. The quantitative estimate of drug-likeness (QED) is 0.788. The van der Waals surface area contributed by atoms with Gasteiger partial charge < -0.3 is 5.32 Å². The number of carbonyl (C=O) groups excluding carboxylic acids is 1. The van der Waals surface area contributed by atoms with Gasteiger partial charge in [0.1, 0.15) is 0 Å². The Morgan fingerprint density at radius 3 is 2.65 bits per heavy atom. The SMILES string of the molecule is CNC(=O)c1cc(-c2cccnc2)n(-c2ccc(Cl)c(Cl)c2)n1. The lowest BCUT2D eigenvalue weighted by atomic mass is 10.2. The van der Waals surface area contributed by atoms with Crippen molar-refractivity contribution in [3.63, 3.8) is 0 Å². The van der Waals surface area contributed by atoms with E-state index >= 15 is 0 Å². The number of halogens is 2. The summed E-state index contributed by atoms with van der Waals surface area (Å²) in [5, 5.41) is 7.81. The average Bonchev–Trinajstić information content (AvgIpc) is 3.03. The van der Waals surface area contributed by atoms with E-state index in [1.54, 1.807) is 48.4 Å². The Balaban J connectivity index is 2.19. The predicted molar refractivity (Wildman–Crippen MR) is 90.2 cm³/mol. The van der Waals surface area contributed by atoms with E-state index in [0.29, 0.717) is 21.4 Å². The summed E-state index contributed by atoms with van der Waals surface area (Å²) in [4.78, 5) is 16.0. The normalized spacial score (nSPS) is 10.6. The van der Waals surface area contributed by atoms with Crippen molar-refractivity contribution in [1.29, 1.82) is 0 Å². The van der Waals surface area contributed by atoms with Crippen LogP contribution in [-0.4, -0.2) is 27.7 Å². The fourth-order valence-corrected chi connectivity index (χ4v) is 2.45. The fraction of sp³-hybridized carbons (Fsp3) is 0.0625. The van der Waals surface area contributed by atoms with Crippen molar-refractivity contribution in [3.05, 3.63) is 64.5 Å². The van der Waals surface area contributed by atoms with Crippen molar-refractivity contribution in [1.82, 2.24) is 20.1 Å². The molecule has 3 rings (SSSR count). The Bertz CT molecular complexity index is 862. The molecular formula is C16H12Cl2N4O. The van der Waals surface area contributed by atoms with Gasteiger partial charge in [-0.1, -0.05) is 23.2 Å². The van der Waals surface area contributed by atoms with Crippen LogP contribution in [0.2, 0.25) is 10.0 Å². The average molecular weight is 347 g/mol. The summed E-state index contributed by atoms with van der Waals surface area (Å²) < 4.78 is 1.64. The second-order valence-electron chi connectivity index (χ2n) is 4.75. The molecule has 0 spiro atoms. The van der Waals surface area contributed by atoms with Crippen LogP contribution in [-0.2, 0) is 0 Å². The number of aromatic nitrogens is 3. The van der Waals surface area contributed by atoms with Crippen LogP contribution in [0.1, 0.15) is 10.5 Å². The van der Waals surface area contributed by atoms with Crippen LogP contribution in [0, 0.1) is 0 Å². The van der Waals surface area contributed by atoms with Crippen molar-refractivity contribution in [2.75, 3.05) is 7.05 Å². The van der Waals surface area contributed by atoms with Gasteiger partial charge in [0.25, 0.3) is 5.91 Å². The molecule has 0 aliphatic carbocycles. The monoisotopic (exact) mass is 346 g/mol. The Morgan fingerprint density at radius 1 is 1.17 bits per heavy atom. The summed E-state index contributed by atoms with van der Waals surface area (Å²) in [7, 11) is 1.56. The number of benzene rings is 1. The molecule has 5 nitrogen and oxygen atoms in total. The van der Waals surface area contributed by atoms with Crippen LogP contribution in [0.25, 0.3) is 16.9 Å². The third kappa shape index (κ3) is 3.06. The molecule has 0 aliphatic rings. The molecule has 2 heterocycles. The first-order valence-corrected chi connectivity index (χ1v) is 7.53. The first kappa shape index (κ1) is 15.5. The Labute approximate surface area is 142 Å². The van der Waals surface area contributed by atoms with Crippen molar-refractivity contribution in [2.24, 2.45) is 0 Å². The van der Waals surface area contributed by atoms with Gasteiger partial charge in [0, 0.05) is 25.0 Å². The maximum absolute atomic E-state index is 11.9. The molecule has 2 aromatic heterocycles. The highest BCUT2D eigenvalue weighted by atomic mass is 35.5.